The number of nitrogens with zero attached hydrogens (tertiary/aromatic N) is 3. The lowest BCUT2D eigenvalue weighted by Gasteiger charge is -2.03. The summed E-state index contributed by atoms with van der Waals surface area (Å²) in [4.78, 5) is 12.6. The van der Waals surface area contributed by atoms with Crippen molar-refractivity contribution in [2.75, 3.05) is 11.1 Å². The van der Waals surface area contributed by atoms with Gasteiger partial charge in [0, 0.05) is 4.88 Å². The average molecular weight is 321 g/mol. The largest absolute Gasteiger partial charge is 0.368 e. The fourth-order valence-electron chi connectivity index (χ4n) is 1.06. The van der Waals surface area contributed by atoms with Gasteiger partial charge in [0.2, 0.25) is 17.2 Å². The van der Waals surface area contributed by atoms with Gasteiger partial charge in [-0.15, -0.1) is 11.3 Å². The van der Waals surface area contributed by atoms with Gasteiger partial charge in [-0.25, -0.2) is 0 Å². The third-order valence-corrected chi connectivity index (χ3v) is 3.47. The van der Waals surface area contributed by atoms with Crippen molar-refractivity contribution in [2.24, 2.45) is 0 Å². The van der Waals surface area contributed by atoms with Gasteiger partial charge in [-0.05, 0) is 39.7 Å². The van der Waals surface area contributed by atoms with Crippen LogP contribution in [-0.2, 0) is 6.54 Å². The van der Waals surface area contributed by atoms with Gasteiger partial charge in [0.15, 0.2) is 0 Å². The highest BCUT2D eigenvalue weighted by Crippen LogP contribution is 2.22. The molecule has 3 N–H and O–H groups in total. The summed E-state index contributed by atoms with van der Waals surface area (Å²) in [5, 5.41) is 3.10. The summed E-state index contributed by atoms with van der Waals surface area (Å²) in [6.45, 7) is 0.621. The lowest BCUT2D eigenvalue weighted by atomic mass is 10.5. The number of nitrogens with one attached hydrogen (secondary N) is 1. The van der Waals surface area contributed by atoms with Crippen LogP contribution in [0, 0.1) is 0 Å². The second kappa shape index (κ2) is 4.94. The van der Waals surface area contributed by atoms with Crippen LogP contribution in [0.3, 0.4) is 0 Å². The highest BCUT2D eigenvalue weighted by molar-refractivity contribution is 9.11. The number of nitrogen functional groups attached to an aromatic ring is 1. The number of aromatic nitrogens is 3. The molecule has 0 saturated heterocycles. The molecule has 0 aromatic carbocycles. The van der Waals surface area contributed by atoms with E-state index in [1.54, 1.807) is 11.3 Å². The first-order valence-electron chi connectivity index (χ1n) is 4.28. The molecule has 0 aliphatic rings. The van der Waals surface area contributed by atoms with E-state index < -0.39 is 0 Å². The van der Waals surface area contributed by atoms with Crippen LogP contribution >= 0.6 is 38.9 Å². The maximum atomic E-state index is 5.65. The van der Waals surface area contributed by atoms with Gasteiger partial charge in [0.05, 0.1) is 10.3 Å². The molecule has 0 saturated carbocycles. The molecule has 0 aliphatic carbocycles. The molecule has 2 heterocycles. The summed E-state index contributed by atoms with van der Waals surface area (Å²) in [5.41, 5.74) is 5.44. The van der Waals surface area contributed by atoms with Gasteiger partial charge >= 0.3 is 0 Å². The van der Waals surface area contributed by atoms with E-state index in [2.05, 4.69) is 36.2 Å². The van der Waals surface area contributed by atoms with Crippen LogP contribution in [0.4, 0.5) is 11.9 Å². The summed E-state index contributed by atoms with van der Waals surface area (Å²) < 4.78 is 1.08. The Hall–Kier alpha value is -0.920. The first-order chi connectivity index (χ1) is 7.63. The minimum atomic E-state index is 0.0855. The minimum absolute atomic E-state index is 0.0855. The molecule has 0 unspecified atom stereocenters. The van der Waals surface area contributed by atoms with E-state index in [-0.39, 0.29) is 11.2 Å². The summed E-state index contributed by atoms with van der Waals surface area (Å²) in [6.07, 6.45) is 0. The number of rotatable bonds is 3. The van der Waals surface area contributed by atoms with E-state index in [0.717, 1.165) is 8.66 Å². The Morgan fingerprint density at radius 1 is 1.38 bits per heavy atom. The molecular formula is C8H7BrClN5S. The molecule has 2 aromatic heterocycles. The van der Waals surface area contributed by atoms with Gasteiger partial charge in [0.25, 0.3) is 0 Å². The third-order valence-electron chi connectivity index (χ3n) is 1.68. The second-order valence-corrected chi connectivity index (χ2v) is 5.73. The lowest BCUT2D eigenvalue weighted by molar-refractivity contribution is 1.02. The monoisotopic (exact) mass is 319 g/mol. The molecule has 0 amide bonds. The fourth-order valence-corrected chi connectivity index (χ4v) is 2.65. The van der Waals surface area contributed by atoms with E-state index in [0.29, 0.717) is 12.5 Å². The van der Waals surface area contributed by atoms with Crippen molar-refractivity contribution in [2.45, 2.75) is 6.54 Å². The Balaban J connectivity index is 2.04. The van der Waals surface area contributed by atoms with Crippen LogP contribution in [0.5, 0.6) is 0 Å². The topological polar surface area (TPSA) is 76.7 Å². The van der Waals surface area contributed by atoms with Crippen LogP contribution < -0.4 is 11.1 Å². The summed E-state index contributed by atoms with van der Waals surface area (Å²) in [6, 6.07) is 3.99. The van der Waals surface area contributed by atoms with Crippen LogP contribution in [0.15, 0.2) is 15.9 Å². The summed E-state index contributed by atoms with van der Waals surface area (Å²) >= 11 is 10.7. The van der Waals surface area contributed by atoms with Gasteiger partial charge in [-0.2, -0.15) is 15.0 Å². The van der Waals surface area contributed by atoms with Crippen LogP contribution in [0.1, 0.15) is 4.88 Å². The van der Waals surface area contributed by atoms with E-state index in [1.807, 2.05) is 12.1 Å². The maximum Gasteiger partial charge on any atom is 0.229 e. The van der Waals surface area contributed by atoms with E-state index in [1.165, 1.54) is 0 Å². The number of nitrogens with two attached hydrogens (primary N) is 1. The first kappa shape index (κ1) is 11.6. The molecule has 2 rings (SSSR count). The van der Waals surface area contributed by atoms with Gasteiger partial charge in [-0.1, -0.05) is 0 Å². The van der Waals surface area contributed by atoms with Gasteiger partial charge in [0.1, 0.15) is 0 Å². The van der Waals surface area contributed by atoms with Crippen molar-refractivity contribution in [3.05, 3.63) is 26.1 Å². The molecule has 5 nitrogen and oxygen atoms in total. The Kier molecular flexibility index (Phi) is 3.57. The minimum Gasteiger partial charge on any atom is -0.368 e. The molecule has 0 spiro atoms. The number of hydrogen-bond acceptors (Lipinski definition) is 6. The first-order valence-corrected chi connectivity index (χ1v) is 6.27. The number of halogens is 2. The molecule has 84 valence electrons. The Morgan fingerprint density at radius 2 is 2.19 bits per heavy atom. The Morgan fingerprint density at radius 3 is 2.81 bits per heavy atom. The number of anilines is 2. The third kappa shape index (κ3) is 3.03. The molecule has 16 heavy (non-hydrogen) atoms. The Labute approximate surface area is 109 Å². The molecule has 0 bridgehead atoms. The highest BCUT2D eigenvalue weighted by atomic mass is 79.9. The van der Waals surface area contributed by atoms with Crippen molar-refractivity contribution in [3.8, 4) is 0 Å². The normalized spacial score (nSPS) is 10.4. The zero-order valence-corrected chi connectivity index (χ0v) is 11.1. The van der Waals surface area contributed by atoms with Gasteiger partial charge in [-0.3, -0.25) is 0 Å². The van der Waals surface area contributed by atoms with Crippen molar-refractivity contribution in [1.29, 1.82) is 0 Å². The summed E-state index contributed by atoms with van der Waals surface area (Å²) in [5.74, 6) is 0.483. The zero-order valence-electron chi connectivity index (χ0n) is 7.94. The lowest BCUT2D eigenvalue weighted by Crippen LogP contribution is -2.06. The molecule has 0 aliphatic heterocycles. The van der Waals surface area contributed by atoms with Crippen LogP contribution in [-0.4, -0.2) is 15.0 Å². The molecule has 8 heteroatoms. The molecule has 0 radical (unpaired) electrons. The highest BCUT2D eigenvalue weighted by Gasteiger charge is 2.03. The smallest absolute Gasteiger partial charge is 0.229 e. The molecule has 0 fully saturated rings. The van der Waals surface area contributed by atoms with Gasteiger partial charge < -0.3 is 11.1 Å². The quantitative estimate of drug-likeness (QED) is 0.909. The predicted molar refractivity (Wildman–Crippen MR) is 68.6 cm³/mol. The number of hydrogen-bond donors (Lipinski definition) is 2. The van der Waals surface area contributed by atoms with E-state index in [4.69, 9.17) is 17.3 Å². The van der Waals surface area contributed by atoms with Crippen molar-refractivity contribution in [3.63, 3.8) is 0 Å². The summed E-state index contributed by atoms with van der Waals surface area (Å²) in [7, 11) is 0. The predicted octanol–water partition coefficient (Wildman–Crippen LogP) is 2.54. The van der Waals surface area contributed by atoms with E-state index >= 15 is 0 Å². The zero-order chi connectivity index (χ0) is 11.5. The molecule has 2 aromatic rings. The second-order valence-electron chi connectivity index (χ2n) is 2.85. The standard InChI is InChI=1S/C8H7BrClN5S/c9-5-2-1-4(16-5)3-12-8-14-6(10)13-7(11)15-8/h1-2H,3H2,(H3,11,12,13,14,15). The number of thiophene rings is 1. The SMILES string of the molecule is Nc1nc(Cl)nc(NCc2ccc(Br)s2)n1. The van der Waals surface area contributed by atoms with E-state index in [9.17, 15) is 0 Å². The van der Waals surface area contributed by atoms with Crippen LogP contribution in [0.2, 0.25) is 5.28 Å². The van der Waals surface area contributed by atoms with Crippen molar-refractivity contribution >= 4 is 50.8 Å². The van der Waals surface area contributed by atoms with Crippen molar-refractivity contribution < 1.29 is 0 Å². The average Bonchev–Trinajstić information content (AvgIpc) is 2.60. The molecule has 0 atom stereocenters. The van der Waals surface area contributed by atoms with Crippen LogP contribution in [0.25, 0.3) is 0 Å². The fraction of sp³-hybridized carbons (Fsp3) is 0.125. The maximum absolute atomic E-state index is 5.65. The Bertz CT molecular complexity index is 483. The van der Waals surface area contributed by atoms with Crippen molar-refractivity contribution in [1.82, 2.24) is 15.0 Å². The molecular weight excluding hydrogens is 314 g/mol.